The highest BCUT2D eigenvalue weighted by Crippen LogP contribution is 2.19. The van der Waals surface area contributed by atoms with Crippen LogP contribution in [0, 0.1) is 0 Å². The van der Waals surface area contributed by atoms with Crippen LogP contribution in [-0.4, -0.2) is 33.8 Å². The first-order valence-corrected chi connectivity index (χ1v) is 6.49. The maximum atomic E-state index is 12.0. The third kappa shape index (κ3) is 3.64. The largest absolute Gasteiger partial charge is 0.396 e. The lowest BCUT2D eigenvalue weighted by Gasteiger charge is -2.11. The van der Waals surface area contributed by atoms with Gasteiger partial charge in [-0.2, -0.15) is 0 Å². The first-order chi connectivity index (χ1) is 9.70. The van der Waals surface area contributed by atoms with Crippen molar-refractivity contribution in [3.05, 3.63) is 36.3 Å². The van der Waals surface area contributed by atoms with Crippen LogP contribution in [-0.2, 0) is 0 Å². The number of aliphatic hydroxyl groups is 1. The topological polar surface area (TPSA) is 88.2 Å². The number of amides is 1. The number of pyridine rings is 1. The van der Waals surface area contributed by atoms with E-state index < -0.39 is 0 Å². The minimum absolute atomic E-state index is 0.0178. The summed E-state index contributed by atoms with van der Waals surface area (Å²) < 4.78 is 5.16. The minimum atomic E-state index is -0.278. The molecule has 6 heteroatoms. The van der Waals surface area contributed by atoms with Crippen molar-refractivity contribution in [1.82, 2.24) is 15.5 Å². The molecule has 20 heavy (non-hydrogen) atoms. The highest BCUT2D eigenvalue weighted by Gasteiger charge is 2.15. The van der Waals surface area contributed by atoms with Crippen molar-refractivity contribution in [2.24, 2.45) is 0 Å². The number of rotatable bonds is 6. The number of carbonyl (C=O) groups is 1. The zero-order valence-corrected chi connectivity index (χ0v) is 11.2. The molecule has 1 amide bonds. The van der Waals surface area contributed by atoms with Gasteiger partial charge in [0, 0.05) is 36.7 Å². The second-order valence-corrected chi connectivity index (χ2v) is 4.55. The lowest BCUT2D eigenvalue weighted by atomic mass is 10.1. The van der Waals surface area contributed by atoms with Crippen molar-refractivity contribution < 1.29 is 14.4 Å². The summed E-state index contributed by atoms with van der Waals surface area (Å²) in [5.41, 5.74) is 1.06. The SMILES string of the molecule is CC(CCCO)NC(=O)c1cc(-c2ccncc2)on1. The van der Waals surface area contributed by atoms with Gasteiger partial charge in [0.25, 0.3) is 5.91 Å². The summed E-state index contributed by atoms with van der Waals surface area (Å²) in [7, 11) is 0. The molecule has 6 nitrogen and oxygen atoms in total. The molecule has 1 atom stereocenters. The van der Waals surface area contributed by atoms with Gasteiger partial charge in [-0.25, -0.2) is 0 Å². The molecule has 0 saturated carbocycles. The Balaban J connectivity index is 2.00. The fourth-order valence-electron chi connectivity index (χ4n) is 1.80. The normalized spacial score (nSPS) is 12.1. The molecule has 0 bridgehead atoms. The average molecular weight is 275 g/mol. The van der Waals surface area contributed by atoms with Gasteiger partial charge in [0.2, 0.25) is 0 Å². The van der Waals surface area contributed by atoms with E-state index in [0.29, 0.717) is 12.2 Å². The first kappa shape index (κ1) is 14.2. The van der Waals surface area contributed by atoms with E-state index in [0.717, 1.165) is 12.0 Å². The van der Waals surface area contributed by atoms with Crippen LogP contribution in [0.3, 0.4) is 0 Å². The van der Waals surface area contributed by atoms with Crippen molar-refractivity contribution in [2.75, 3.05) is 6.61 Å². The number of carbonyl (C=O) groups excluding carboxylic acids is 1. The predicted octanol–water partition coefficient (Wildman–Crippen LogP) is 1.63. The Labute approximate surface area is 116 Å². The van der Waals surface area contributed by atoms with Crippen LogP contribution in [0.2, 0.25) is 0 Å². The smallest absolute Gasteiger partial charge is 0.273 e. The van der Waals surface area contributed by atoms with Gasteiger partial charge < -0.3 is 14.9 Å². The van der Waals surface area contributed by atoms with Crippen LogP contribution in [0.25, 0.3) is 11.3 Å². The van der Waals surface area contributed by atoms with Gasteiger partial charge in [-0.15, -0.1) is 0 Å². The van der Waals surface area contributed by atoms with Crippen molar-refractivity contribution in [3.63, 3.8) is 0 Å². The zero-order valence-electron chi connectivity index (χ0n) is 11.2. The van der Waals surface area contributed by atoms with E-state index in [9.17, 15) is 4.79 Å². The second kappa shape index (κ2) is 6.81. The summed E-state index contributed by atoms with van der Waals surface area (Å²) >= 11 is 0. The van der Waals surface area contributed by atoms with Crippen molar-refractivity contribution in [2.45, 2.75) is 25.8 Å². The van der Waals surface area contributed by atoms with Crippen LogP contribution in [0.15, 0.2) is 35.1 Å². The molecule has 106 valence electrons. The highest BCUT2D eigenvalue weighted by atomic mass is 16.5. The van der Waals surface area contributed by atoms with Crippen LogP contribution in [0.1, 0.15) is 30.3 Å². The lowest BCUT2D eigenvalue weighted by molar-refractivity contribution is 0.0927. The summed E-state index contributed by atoms with van der Waals surface area (Å²) in [5, 5.41) is 15.3. The minimum Gasteiger partial charge on any atom is -0.396 e. The van der Waals surface area contributed by atoms with E-state index in [-0.39, 0.29) is 24.2 Å². The van der Waals surface area contributed by atoms with Crippen LogP contribution in [0.5, 0.6) is 0 Å². The molecule has 2 rings (SSSR count). The molecule has 0 aliphatic carbocycles. The molecule has 0 fully saturated rings. The zero-order chi connectivity index (χ0) is 14.4. The van der Waals surface area contributed by atoms with E-state index in [4.69, 9.17) is 9.63 Å². The third-order valence-electron chi connectivity index (χ3n) is 2.88. The number of aliphatic hydroxyl groups excluding tert-OH is 1. The lowest BCUT2D eigenvalue weighted by Crippen LogP contribution is -2.32. The van der Waals surface area contributed by atoms with Crippen molar-refractivity contribution in [1.29, 1.82) is 0 Å². The summed E-state index contributed by atoms with van der Waals surface area (Å²) in [5.74, 6) is 0.250. The first-order valence-electron chi connectivity index (χ1n) is 6.49. The van der Waals surface area contributed by atoms with E-state index >= 15 is 0 Å². The van der Waals surface area contributed by atoms with Gasteiger partial charge in [0.15, 0.2) is 11.5 Å². The molecule has 0 spiro atoms. The highest BCUT2D eigenvalue weighted by molar-refractivity contribution is 5.93. The van der Waals surface area contributed by atoms with E-state index in [1.165, 1.54) is 0 Å². The monoisotopic (exact) mass is 275 g/mol. The quantitative estimate of drug-likeness (QED) is 0.836. The Kier molecular flexibility index (Phi) is 4.84. The van der Waals surface area contributed by atoms with E-state index in [2.05, 4.69) is 15.5 Å². The Morgan fingerprint density at radius 2 is 2.20 bits per heavy atom. The Bertz CT molecular complexity index is 554. The molecule has 2 N–H and O–H groups in total. The van der Waals surface area contributed by atoms with Gasteiger partial charge in [0.1, 0.15) is 0 Å². The summed E-state index contributed by atoms with van der Waals surface area (Å²) in [6.45, 7) is 2.01. The predicted molar refractivity (Wildman–Crippen MR) is 73.0 cm³/mol. The maximum Gasteiger partial charge on any atom is 0.273 e. The summed E-state index contributed by atoms with van der Waals surface area (Å²) in [4.78, 5) is 15.9. The number of hydrogen-bond donors (Lipinski definition) is 2. The molecule has 2 aromatic rings. The number of nitrogens with one attached hydrogen (secondary N) is 1. The van der Waals surface area contributed by atoms with Crippen LogP contribution >= 0.6 is 0 Å². The van der Waals surface area contributed by atoms with Gasteiger partial charge in [-0.3, -0.25) is 9.78 Å². The summed E-state index contributed by atoms with van der Waals surface area (Å²) in [6, 6.07) is 5.15. The fraction of sp³-hybridized carbons (Fsp3) is 0.357. The number of hydrogen-bond acceptors (Lipinski definition) is 5. The Morgan fingerprint density at radius 3 is 2.90 bits per heavy atom. The molecule has 0 aliphatic rings. The molecule has 2 aromatic heterocycles. The van der Waals surface area contributed by atoms with Gasteiger partial charge in [0.05, 0.1) is 0 Å². The third-order valence-corrected chi connectivity index (χ3v) is 2.88. The number of nitrogens with zero attached hydrogens (tertiary/aromatic N) is 2. The van der Waals surface area contributed by atoms with E-state index in [1.54, 1.807) is 30.6 Å². The molecule has 2 heterocycles. The fourth-order valence-corrected chi connectivity index (χ4v) is 1.80. The van der Waals surface area contributed by atoms with Crippen LogP contribution in [0.4, 0.5) is 0 Å². The number of aromatic nitrogens is 2. The Hall–Kier alpha value is -2.21. The maximum absolute atomic E-state index is 12.0. The van der Waals surface area contributed by atoms with Gasteiger partial charge in [-0.05, 0) is 31.9 Å². The summed E-state index contributed by atoms with van der Waals surface area (Å²) in [6.07, 6.45) is 4.67. The van der Waals surface area contributed by atoms with Crippen molar-refractivity contribution >= 4 is 5.91 Å². The molecule has 0 aromatic carbocycles. The van der Waals surface area contributed by atoms with Gasteiger partial charge >= 0.3 is 0 Å². The standard InChI is InChI=1S/C14H17N3O3/c1-10(3-2-8-18)16-14(19)12-9-13(20-17-12)11-4-6-15-7-5-11/h4-7,9-10,18H,2-3,8H2,1H3,(H,16,19). The van der Waals surface area contributed by atoms with Gasteiger partial charge in [-0.1, -0.05) is 5.16 Å². The average Bonchev–Trinajstić information content (AvgIpc) is 2.96. The van der Waals surface area contributed by atoms with E-state index in [1.807, 2.05) is 6.92 Å². The van der Waals surface area contributed by atoms with Crippen molar-refractivity contribution in [3.8, 4) is 11.3 Å². The van der Waals surface area contributed by atoms with Crippen LogP contribution < -0.4 is 5.32 Å². The Morgan fingerprint density at radius 1 is 1.45 bits per heavy atom. The second-order valence-electron chi connectivity index (χ2n) is 4.55. The molecule has 1 unspecified atom stereocenters. The molecule has 0 aliphatic heterocycles. The molecular weight excluding hydrogens is 258 g/mol. The molecule has 0 saturated heterocycles. The molecular formula is C14H17N3O3. The molecule has 0 radical (unpaired) electrons.